The third kappa shape index (κ3) is 1.87. The quantitative estimate of drug-likeness (QED) is 0.621. The van der Waals surface area contributed by atoms with Crippen LogP contribution in [0.25, 0.3) is 5.69 Å². The summed E-state index contributed by atoms with van der Waals surface area (Å²) in [5, 5.41) is 14.8. The van der Waals surface area contributed by atoms with Crippen LogP contribution in [-0.2, 0) is 0 Å². The molecule has 1 aromatic heterocycles. The van der Waals surface area contributed by atoms with Crippen LogP contribution in [0.2, 0.25) is 0 Å². The Balaban J connectivity index is 2.59. The molecule has 17 heavy (non-hydrogen) atoms. The molecule has 0 aliphatic heterocycles. The Hall–Kier alpha value is -2.64. The fraction of sp³-hybridized carbons (Fsp3) is 0.111. The highest BCUT2D eigenvalue weighted by Crippen LogP contribution is 2.24. The summed E-state index contributed by atoms with van der Waals surface area (Å²) in [5.41, 5.74) is 5.74. The Bertz CT molecular complexity index is 566. The monoisotopic (exact) mass is 235 g/mol. The van der Waals surface area contributed by atoms with E-state index in [1.54, 1.807) is 12.1 Å². The van der Waals surface area contributed by atoms with E-state index in [4.69, 9.17) is 10.5 Å². The minimum atomic E-state index is -0.511. The molecule has 1 heterocycles. The maximum absolute atomic E-state index is 10.9. The molecule has 2 aromatic rings. The molecule has 0 fully saturated rings. The first kappa shape index (κ1) is 10.9. The van der Waals surface area contributed by atoms with Crippen molar-refractivity contribution in [3.63, 3.8) is 0 Å². The topological polar surface area (TPSA) is 109 Å². The molecule has 0 spiro atoms. The average Bonchev–Trinajstić information content (AvgIpc) is 2.70. The zero-order valence-electron chi connectivity index (χ0n) is 8.90. The zero-order valence-corrected chi connectivity index (χ0v) is 8.90. The number of nitro groups is 1. The number of para-hydroxylation sites is 2. The number of nitrogens with zero attached hydrogens (tertiary/aromatic N) is 4. The SMILES string of the molecule is COc1nc(N)n(-c2ccccc2[N+](=O)[O-])n1. The smallest absolute Gasteiger partial charge is 0.337 e. The minimum absolute atomic E-state index is 0.0242. The summed E-state index contributed by atoms with van der Waals surface area (Å²) in [4.78, 5) is 14.1. The lowest BCUT2D eigenvalue weighted by Gasteiger charge is -2.02. The van der Waals surface area contributed by atoms with Crippen molar-refractivity contribution in [2.24, 2.45) is 0 Å². The molecule has 0 bridgehead atoms. The molecule has 0 amide bonds. The van der Waals surface area contributed by atoms with Crippen molar-refractivity contribution in [2.75, 3.05) is 12.8 Å². The van der Waals surface area contributed by atoms with E-state index in [9.17, 15) is 10.1 Å². The van der Waals surface area contributed by atoms with Crippen molar-refractivity contribution in [1.29, 1.82) is 0 Å². The van der Waals surface area contributed by atoms with Crippen LogP contribution < -0.4 is 10.5 Å². The van der Waals surface area contributed by atoms with Crippen molar-refractivity contribution >= 4 is 11.6 Å². The standard InChI is InChI=1S/C9H9N5O3/c1-17-9-11-8(10)13(12-9)6-4-2-3-5-7(6)14(15)16/h2-5H,1H3,(H2,10,11,12). The van der Waals surface area contributed by atoms with Crippen LogP contribution in [0.15, 0.2) is 24.3 Å². The molecule has 0 aliphatic carbocycles. The van der Waals surface area contributed by atoms with Crippen molar-refractivity contribution in [2.45, 2.75) is 0 Å². The van der Waals surface area contributed by atoms with E-state index in [-0.39, 0.29) is 23.3 Å². The Morgan fingerprint density at radius 3 is 2.76 bits per heavy atom. The maximum atomic E-state index is 10.9. The van der Waals surface area contributed by atoms with Gasteiger partial charge >= 0.3 is 6.01 Å². The lowest BCUT2D eigenvalue weighted by molar-refractivity contribution is -0.384. The van der Waals surface area contributed by atoms with E-state index in [0.717, 1.165) is 4.68 Å². The number of nitro benzene ring substituents is 1. The number of nitrogens with two attached hydrogens (primary N) is 1. The molecule has 1 aromatic carbocycles. The summed E-state index contributed by atoms with van der Waals surface area (Å²) in [6.45, 7) is 0. The number of methoxy groups -OCH3 is 1. The van der Waals surface area contributed by atoms with Gasteiger partial charge < -0.3 is 10.5 Å². The molecule has 0 unspecified atom stereocenters. The largest absolute Gasteiger partial charge is 0.466 e. The summed E-state index contributed by atoms with van der Waals surface area (Å²) in [5.74, 6) is 0.0242. The van der Waals surface area contributed by atoms with Gasteiger partial charge in [-0.2, -0.15) is 9.67 Å². The summed E-state index contributed by atoms with van der Waals surface area (Å²) in [6, 6.07) is 6.16. The summed E-state index contributed by atoms with van der Waals surface area (Å²) in [6.07, 6.45) is 0. The molecular formula is C9H9N5O3. The van der Waals surface area contributed by atoms with E-state index >= 15 is 0 Å². The number of rotatable bonds is 3. The van der Waals surface area contributed by atoms with E-state index in [0.29, 0.717) is 0 Å². The molecule has 0 saturated carbocycles. The van der Waals surface area contributed by atoms with E-state index in [1.807, 2.05) is 0 Å². The third-order valence-electron chi connectivity index (χ3n) is 2.10. The van der Waals surface area contributed by atoms with Crippen LogP contribution in [0.5, 0.6) is 6.01 Å². The molecule has 0 saturated heterocycles. The van der Waals surface area contributed by atoms with Gasteiger partial charge in [0.05, 0.1) is 12.0 Å². The fourth-order valence-electron chi connectivity index (χ4n) is 1.37. The number of nitrogen functional groups attached to an aromatic ring is 1. The number of hydrogen-bond donors (Lipinski definition) is 1. The van der Waals surface area contributed by atoms with E-state index in [2.05, 4.69) is 10.1 Å². The molecule has 88 valence electrons. The first-order valence-electron chi connectivity index (χ1n) is 4.64. The molecule has 0 atom stereocenters. The van der Waals surface area contributed by atoms with Gasteiger partial charge in [0, 0.05) is 6.07 Å². The Morgan fingerprint density at radius 2 is 2.18 bits per heavy atom. The fourth-order valence-corrected chi connectivity index (χ4v) is 1.37. The summed E-state index contributed by atoms with van der Waals surface area (Å²) < 4.78 is 5.97. The second-order valence-corrected chi connectivity index (χ2v) is 3.11. The van der Waals surface area contributed by atoms with Crippen molar-refractivity contribution in [3.8, 4) is 11.7 Å². The molecule has 0 radical (unpaired) electrons. The molecule has 2 N–H and O–H groups in total. The Morgan fingerprint density at radius 1 is 1.47 bits per heavy atom. The van der Waals surface area contributed by atoms with Gasteiger partial charge in [-0.15, -0.1) is 5.10 Å². The normalized spacial score (nSPS) is 10.2. The Labute approximate surface area is 95.8 Å². The van der Waals surface area contributed by atoms with E-state index in [1.165, 1.54) is 19.2 Å². The molecule has 0 aliphatic rings. The van der Waals surface area contributed by atoms with Crippen LogP contribution in [0, 0.1) is 10.1 Å². The second kappa shape index (κ2) is 4.08. The summed E-state index contributed by atoms with van der Waals surface area (Å²) in [7, 11) is 1.39. The van der Waals surface area contributed by atoms with Gasteiger partial charge in [0.1, 0.15) is 5.69 Å². The van der Waals surface area contributed by atoms with E-state index < -0.39 is 4.92 Å². The van der Waals surface area contributed by atoms with Gasteiger partial charge in [0.2, 0.25) is 5.95 Å². The van der Waals surface area contributed by atoms with Crippen LogP contribution in [-0.4, -0.2) is 26.8 Å². The van der Waals surface area contributed by atoms with Crippen LogP contribution >= 0.6 is 0 Å². The van der Waals surface area contributed by atoms with Crippen molar-refractivity contribution in [1.82, 2.24) is 14.8 Å². The van der Waals surface area contributed by atoms with Crippen LogP contribution in [0.1, 0.15) is 0 Å². The molecule has 8 nitrogen and oxygen atoms in total. The number of ether oxygens (including phenoxy) is 1. The second-order valence-electron chi connectivity index (χ2n) is 3.11. The zero-order chi connectivity index (χ0) is 12.4. The maximum Gasteiger partial charge on any atom is 0.337 e. The highest BCUT2D eigenvalue weighted by atomic mass is 16.6. The van der Waals surface area contributed by atoms with Crippen molar-refractivity contribution in [3.05, 3.63) is 34.4 Å². The first-order valence-corrected chi connectivity index (χ1v) is 4.64. The first-order chi connectivity index (χ1) is 8.13. The number of benzene rings is 1. The predicted molar refractivity (Wildman–Crippen MR) is 59.0 cm³/mol. The van der Waals surface area contributed by atoms with Gasteiger partial charge in [0.25, 0.3) is 5.69 Å². The lowest BCUT2D eigenvalue weighted by Crippen LogP contribution is -2.05. The van der Waals surface area contributed by atoms with Crippen molar-refractivity contribution < 1.29 is 9.66 Å². The number of hydrogen-bond acceptors (Lipinski definition) is 6. The van der Waals surface area contributed by atoms with Crippen LogP contribution in [0.3, 0.4) is 0 Å². The Kier molecular flexibility index (Phi) is 2.61. The highest BCUT2D eigenvalue weighted by Gasteiger charge is 2.18. The highest BCUT2D eigenvalue weighted by molar-refractivity contribution is 5.54. The summed E-state index contributed by atoms with van der Waals surface area (Å²) >= 11 is 0. The number of anilines is 1. The van der Waals surface area contributed by atoms with Crippen LogP contribution in [0.4, 0.5) is 11.6 Å². The predicted octanol–water partition coefficient (Wildman–Crippen LogP) is 0.766. The number of aromatic nitrogens is 3. The molecule has 2 rings (SSSR count). The minimum Gasteiger partial charge on any atom is -0.466 e. The van der Waals surface area contributed by atoms with Gasteiger partial charge in [-0.05, 0) is 6.07 Å². The molecule has 8 heteroatoms. The van der Waals surface area contributed by atoms with Gasteiger partial charge in [0.15, 0.2) is 0 Å². The molecular weight excluding hydrogens is 226 g/mol. The van der Waals surface area contributed by atoms with Gasteiger partial charge in [-0.25, -0.2) is 0 Å². The third-order valence-corrected chi connectivity index (χ3v) is 2.10. The average molecular weight is 235 g/mol. The van der Waals surface area contributed by atoms with Gasteiger partial charge in [-0.3, -0.25) is 10.1 Å². The van der Waals surface area contributed by atoms with Gasteiger partial charge in [-0.1, -0.05) is 12.1 Å². The lowest BCUT2D eigenvalue weighted by atomic mass is 10.3.